The summed E-state index contributed by atoms with van der Waals surface area (Å²) in [6.45, 7) is 0. The van der Waals surface area contributed by atoms with Crippen LogP contribution in [0.15, 0.2) is 79.1 Å². The second-order valence-electron chi connectivity index (χ2n) is 5.57. The third kappa shape index (κ3) is 3.40. The van der Waals surface area contributed by atoms with E-state index in [-0.39, 0.29) is 5.82 Å². The summed E-state index contributed by atoms with van der Waals surface area (Å²) in [6, 6.07) is 20.0. The smallest absolute Gasteiger partial charge is 0.137 e. The maximum atomic E-state index is 13.1. The normalized spacial score (nSPS) is 10.6. The Balaban J connectivity index is 1.60. The van der Waals surface area contributed by atoms with Gasteiger partial charge < -0.3 is 10.3 Å². The Labute approximate surface area is 144 Å². The van der Waals surface area contributed by atoms with Gasteiger partial charge in [0.25, 0.3) is 0 Å². The number of anilines is 2. The minimum atomic E-state index is -0.263. The molecule has 0 unspecified atom stereocenters. The van der Waals surface area contributed by atoms with Crippen LogP contribution >= 0.6 is 0 Å². The van der Waals surface area contributed by atoms with E-state index in [1.54, 1.807) is 24.5 Å². The fraction of sp³-hybridized carbons (Fsp3) is 0. The molecule has 4 aromatic rings. The lowest BCUT2D eigenvalue weighted by atomic mass is 10.2. The van der Waals surface area contributed by atoms with Crippen LogP contribution in [0.4, 0.5) is 15.9 Å². The van der Waals surface area contributed by atoms with Crippen molar-refractivity contribution in [2.45, 2.75) is 0 Å². The van der Waals surface area contributed by atoms with Gasteiger partial charge in [0.15, 0.2) is 0 Å². The van der Waals surface area contributed by atoms with E-state index in [1.807, 2.05) is 42.5 Å². The Morgan fingerprint density at radius 1 is 0.840 bits per heavy atom. The largest absolute Gasteiger partial charge is 0.340 e. The molecule has 0 aliphatic rings. The first-order chi connectivity index (χ1) is 12.3. The highest BCUT2D eigenvalue weighted by Gasteiger charge is 2.07. The first-order valence-electron chi connectivity index (χ1n) is 7.87. The third-order valence-corrected chi connectivity index (χ3v) is 3.81. The zero-order chi connectivity index (χ0) is 17.1. The van der Waals surface area contributed by atoms with Crippen LogP contribution in [0.1, 0.15) is 0 Å². The van der Waals surface area contributed by atoms with Gasteiger partial charge in [-0.25, -0.2) is 14.4 Å². The Morgan fingerprint density at radius 2 is 1.64 bits per heavy atom. The summed E-state index contributed by atoms with van der Waals surface area (Å²) in [5.74, 6) is 1.19. The van der Waals surface area contributed by atoms with Crippen LogP contribution in [-0.2, 0) is 0 Å². The molecule has 0 radical (unpaired) electrons. The molecule has 0 aliphatic carbocycles. The van der Waals surface area contributed by atoms with E-state index >= 15 is 0 Å². The molecule has 4 rings (SSSR count). The lowest BCUT2D eigenvalue weighted by Gasteiger charge is -2.06. The number of hydrogen-bond donors (Lipinski definition) is 2. The SMILES string of the molecule is Fc1ccc(-c2ncc(-c3ccnc(Nc4ccccc4)c3)[nH]2)cc1. The Morgan fingerprint density at radius 3 is 2.44 bits per heavy atom. The number of nitrogens with zero attached hydrogens (tertiary/aromatic N) is 2. The number of para-hydroxylation sites is 1. The zero-order valence-electron chi connectivity index (χ0n) is 13.3. The quantitative estimate of drug-likeness (QED) is 0.552. The monoisotopic (exact) mass is 330 g/mol. The van der Waals surface area contributed by atoms with Crippen LogP contribution in [0.5, 0.6) is 0 Å². The van der Waals surface area contributed by atoms with E-state index in [9.17, 15) is 4.39 Å². The van der Waals surface area contributed by atoms with Crippen molar-refractivity contribution in [3.8, 4) is 22.6 Å². The number of rotatable bonds is 4. The highest BCUT2D eigenvalue weighted by Crippen LogP contribution is 2.24. The van der Waals surface area contributed by atoms with Crippen molar-refractivity contribution in [1.29, 1.82) is 0 Å². The molecule has 0 fully saturated rings. The zero-order valence-corrected chi connectivity index (χ0v) is 13.3. The van der Waals surface area contributed by atoms with Gasteiger partial charge in [0, 0.05) is 23.0 Å². The Bertz CT molecular complexity index is 978. The molecular weight excluding hydrogens is 315 g/mol. The molecule has 2 aromatic heterocycles. The van der Waals surface area contributed by atoms with Crippen LogP contribution < -0.4 is 5.32 Å². The van der Waals surface area contributed by atoms with Gasteiger partial charge in [-0.2, -0.15) is 0 Å². The van der Waals surface area contributed by atoms with Gasteiger partial charge in [-0.3, -0.25) is 0 Å². The van der Waals surface area contributed by atoms with Gasteiger partial charge in [-0.15, -0.1) is 0 Å². The van der Waals surface area contributed by atoms with E-state index < -0.39 is 0 Å². The molecule has 0 bridgehead atoms. The number of pyridine rings is 1. The number of H-pyrrole nitrogens is 1. The van der Waals surface area contributed by atoms with Gasteiger partial charge in [0.1, 0.15) is 17.5 Å². The predicted octanol–water partition coefficient (Wildman–Crippen LogP) is 5.02. The van der Waals surface area contributed by atoms with Gasteiger partial charge in [-0.05, 0) is 48.5 Å². The lowest BCUT2D eigenvalue weighted by molar-refractivity contribution is 0.628. The van der Waals surface area contributed by atoms with Gasteiger partial charge in [0.05, 0.1) is 11.9 Å². The highest BCUT2D eigenvalue weighted by atomic mass is 19.1. The first-order valence-corrected chi connectivity index (χ1v) is 7.87. The second-order valence-corrected chi connectivity index (χ2v) is 5.57. The average molecular weight is 330 g/mol. The Hall–Kier alpha value is -3.47. The average Bonchev–Trinajstić information content (AvgIpc) is 3.14. The summed E-state index contributed by atoms with van der Waals surface area (Å²) in [4.78, 5) is 12.0. The van der Waals surface area contributed by atoms with Crippen molar-refractivity contribution in [2.75, 3.05) is 5.32 Å². The van der Waals surface area contributed by atoms with Crippen molar-refractivity contribution < 1.29 is 4.39 Å². The molecular formula is C20H15FN4. The summed E-state index contributed by atoms with van der Waals surface area (Å²) in [5.41, 5.74) is 3.65. The molecule has 0 saturated carbocycles. The number of benzene rings is 2. The predicted molar refractivity (Wildman–Crippen MR) is 96.9 cm³/mol. The number of halogens is 1. The van der Waals surface area contributed by atoms with Crippen molar-refractivity contribution in [1.82, 2.24) is 15.0 Å². The molecule has 0 saturated heterocycles. The van der Waals surface area contributed by atoms with E-state index in [4.69, 9.17) is 0 Å². The number of aromatic nitrogens is 3. The van der Waals surface area contributed by atoms with Crippen LogP contribution in [0.25, 0.3) is 22.6 Å². The van der Waals surface area contributed by atoms with Gasteiger partial charge in [0.2, 0.25) is 0 Å². The summed E-state index contributed by atoms with van der Waals surface area (Å²) in [6.07, 6.45) is 3.51. The van der Waals surface area contributed by atoms with Crippen LogP contribution in [0.3, 0.4) is 0 Å². The second kappa shape index (κ2) is 6.57. The molecule has 5 heteroatoms. The van der Waals surface area contributed by atoms with Crippen molar-refractivity contribution in [3.63, 3.8) is 0 Å². The number of imidazole rings is 1. The molecule has 2 N–H and O–H groups in total. The molecule has 0 aliphatic heterocycles. The highest BCUT2D eigenvalue weighted by molar-refractivity contribution is 5.68. The van der Waals surface area contributed by atoms with E-state index in [0.717, 1.165) is 28.3 Å². The lowest BCUT2D eigenvalue weighted by Crippen LogP contribution is -1.93. The molecule has 122 valence electrons. The van der Waals surface area contributed by atoms with Crippen molar-refractivity contribution in [2.24, 2.45) is 0 Å². The number of nitrogens with one attached hydrogen (secondary N) is 2. The summed E-state index contributed by atoms with van der Waals surface area (Å²) < 4.78 is 13.1. The summed E-state index contributed by atoms with van der Waals surface area (Å²) in [7, 11) is 0. The maximum absolute atomic E-state index is 13.1. The molecule has 25 heavy (non-hydrogen) atoms. The van der Waals surface area contributed by atoms with E-state index in [0.29, 0.717) is 5.82 Å². The standard InChI is InChI=1S/C20H15FN4/c21-16-8-6-14(7-9-16)20-23-13-18(25-20)15-10-11-22-19(12-15)24-17-4-2-1-3-5-17/h1-13H,(H,22,24)(H,23,25). The molecule has 0 amide bonds. The Kier molecular flexibility index (Phi) is 3.96. The molecule has 0 spiro atoms. The van der Waals surface area contributed by atoms with E-state index in [2.05, 4.69) is 20.3 Å². The topological polar surface area (TPSA) is 53.6 Å². The molecule has 2 aromatic carbocycles. The first kappa shape index (κ1) is 15.1. The van der Waals surface area contributed by atoms with Crippen LogP contribution in [0.2, 0.25) is 0 Å². The van der Waals surface area contributed by atoms with Crippen LogP contribution in [0, 0.1) is 5.82 Å². The fourth-order valence-electron chi connectivity index (χ4n) is 2.56. The van der Waals surface area contributed by atoms with E-state index in [1.165, 1.54) is 12.1 Å². The fourth-order valence-corrected chi connectivity index (χ4v) is 2.56. The maximum Gasteiger partial charge on any atom is 0.137 e. The van der Waals surface area contributed by atoms with Gasteiger partial charge in [-0.1, -0.05) is 18.2 Å². The number of hydrogen-bond acceptors (Lipinski definition) is 3. The third-order valence-electron chi connectivity index (χ3n) is 3.81. The van der Waals surface area contributed by atoms with Crippen molar-refractivity contribution in [3.05, 3.63) is 84.9 Å². The van der Waals surface area contributed by atoms with Crippen molar-refractivity contribution >= 4 is 11.5 Å². The molecule has 2 heterocycles. The van der Waals surface area contributed by atoms with Crippen LogP contribution in [-0.4, -0.2) is 15.0 Å². The summed E-state index contributed by atoms with van der Waals surface area (Å²) >= 11 is 0. The number of aromatic amines is 1. The minimum Gasteiger partial charge on any atom is -0.340 e. The summed E-state index contributed by atoms with van der Waals surface area (Å²) in [5, 5.41) is 3.27. The molecule has 4 nitrogen and oxygen atoms in total. The van der Waals surface area contributed by atoms with Gasteiger partial charge >= 0.3 is 0 Å². The molecule has 0 atom stereocenters. The minimum absolute atomic E-state index is 0.263.